The van der Waals surface area contributed by atoms with E-state index in [2.05, 4.69) is 6.92 Å². The summed E-state index contributed by atoms with van der Waals surface area (Å²) in [4.78, 5) is 11.0. The van der Waals surface area contributed by atoms with Crippen molar-refractivity contribution in [2.75, 3.05) is 33.0 Å². The van der Waals surface area contributed by atoms with Gasteiger partial charge in [0, 0.05) is 12.0 Å². The Balaban J connectivity index is 1.14. The van der Waals surface area contributed by atoms with Crippen molar-refractivity contribution in [1.82, 2.24) is 0 Å². The highest BCUT2D eigenvalue weighted by atomic mass is 16.5. The van der Waals surface area contributed by atoms with E-state index in [4.69, 9.17) is 19.3 Å². The van der Waals surface area contributed by atoms with Crippen LogP contribution in [0.4, 0.5) is 0 Å². The van der Waals surface area contributed by atoms with Crippen LogP contribution in [0.5, 0.6) is 5.75 Å². The van der Waals surface area contributed by atoms with E-state index in [1.807, 2.05) is 36.4 Å². The zero-order valence-corrected chi connectivity index (χ0v) is 20.6. The summed E-state index contributed by atoms with van der Waals surface area (Å²) in [5, 5.41) is 9.00. The second-order valence-electron chi connectivity index (χ2n) is 9.79. The average molecular weight is 469 g/mol. The Hall–Kier alpha value is -2.37. The molecule has 0 saturated carbocycles. The van der Waals surface area contributed by atoms with Crippen LogP contribution in [0.15, 0.2) is 48.5 Å². The van der Waals surface area contributed by atoms with Gasteiger partial charge in [-0.05, 0) is 48.2 Å². The highest BCUT2D eigenvalue weighted by Crippen LogP contribution is 2.26. The molecule has 2 aromatic rings. The number of benzene rings is 2. The van der Waals surface area contributed by atoms with Crippen molar-refractivity contribution in [1.29, 1.82) is 0 Å². The molecule has 34 heavy (non-hydrogen) atoms. The van der Waals surface area contributed by atoms with Crippen LogP contribution in [0.3, 0.4) is 0 Å². The minimum Gasteiger partial charge on any atom is -0.494 e. The molecule has 0 aromatic heterocycles. The van der Waals surface area contributed by atoms with E-state index in [0.29, 0.717) is 5.56 Å². The number of aromatic carboxylic acids is 1. The Morgan fingerprint density at radius 3 is 1.79 bits per heavy atom. The summed E-state index contributed by atoms with van der Waals surface area (Å²) in [6, 6.07) is 14.9. The number of hydrogen-bond donors (Lipinski definition) is 1. The zero-order chi connectivity index (χ0) is 24.1. The zero-order valence-electron chi connectivity index (χ0n) is 20.6. The van der Waals surface area contributed by atoms with Gasteiger partial charge in [-0.25, -0.2) is 4.79 Å². The largest absolute Gasteiger partial charge is 0.494 e. The number of carboxylic acids is 1. The molecule has 186 valence electrons. The lowest BCUT2D eigenvalue weighted by Crippen LogP contribution is -2.43. The predicted octanol–water partition coefficient (Wildman–Crippen LogP) is 6.99. The third-order valence-corrected chi connectivity index (χ3v) is 6.37. The van der Waals surface area contributed by atoms with Crippen molar-refractivity contribution in [2.45, 2.75) is 64.7 Å². The Bertz CT molecular complexity index is 840. The highest BCUT2D eigenvalue weighted by Gasteiger charge is 2.33. The van der Waals surface area contributed by atoms with E-state index in [1.165, 1.54) is 51.4 Å². The Morgan fingerprint density at radius 2 is 1.29 bits per heavy atom. The van der Waals surface area contributed by atoms with E-state index in [9.17, 15) is 4.79 Å². The van der Waals surface area contributed by atoms with Gasteiger partial charge in [0.2, 0.25) is 0 Å². The van der Waals surface area contributed by atoms with E-state index < -0.39 is 5.97 Å². The molecule has 0 unspecified atom stereocenters. The van der Waals surface area contributed by atoms with Crippen molar-refractivity contribution in [2.24, 2.45) is 5.41 Å². The van der Waals surface area contributed by atoms with Crippen LogP contribution in [-0.4, -0.2) is 44.1 Å². The van der Waals surface area contributed by atoms with Crippen LogP contribution in [-0.2, 0) is 9.47 Å². The van der Waals surface area contributed by atoms with Gasteiger partial charge in [-0.15, -0.1) is 0 Å². The number of unbranched alkanes of at least 4 members (excludes halogenated alkanes) is 8. The van der Waals surface area contributed by atoms with Gasteiger partial charge < -0.3 is 19.3 Å². The molecular formula is C29H40O5. The molecule has 0 spiro atoms. The maximum absolute atomic E-state index is 11.0. The molecule has 1 fully saturated rings. The first kappa shape index (κ1) is 26.2. The molecule has 0 aliphatic carbocycles. The molecule has 3 rings (SSSR count). The van der Waals surface area contributed by atoms with Crippen LogP contribution in [0.2, 0.25) is 0 Å². The van der Waals surface area contributed by atoms with Crippen LogP contribution < -0.4 is 4.74 Å². The van der Waals surface area contributed by atoms with Gasteiger partial charge in [0.1, 0.15) is 5.75 Å². The van der Waals surface area contributed by atoms with Crippen molar-refractivity contribution in [3.8, 4) is 16.9 Å². The first-order chi connectivity index (χ1) is 16.6. The summed E-state index contributed by atoms with van der Waals surface area (Å²) >= 11 is 0. The molecule has 2 aromatic carbocycles. The smallest absolute Gasteiger partial charge is 0.335 e. The lowest BCUT2D eigenvalue weighted by molar-refractivity contribution is -0.137. The summed E-state index contributed by atoms with van der Waals surface area (Å²) in [7, 11) is 0. The molecule has 0 radical (unpaired) electrons. The predicted molar refractivity (Wildman–Crippen MR) is 136 cm³/mol. The fourth-order valence-electron chi connectivity index (χ4n) is 4.13. The highest BCUT2D eigenvalue weighted by molar-refractivity contribution is 5.88. The van der Waals surface area contributed by atoms with Gasteiger partial charge in [0.05, 0.1) is 32.0 Å². The Morgan fingerprint density at radius 1 is 0.794 bits per heavy atom. The van der Waals surface area contributed by atoms with Crippen molar-refractivity contribution >= 4 is 5.97 Å². The molecule has 1 aliphatic rings. The number of hydrogen-bond acceptors (Lipinski definition) is 4. The van der Waals surface area contributed by atoms with Crippen molar-refractivity contribution in [3.63, 3.8) is 0 Å². The third-order valence-electron chi connectivity index (χ3n) is 6.37. The molecule has 1 saturated heterocycles. The fraction of sp³-hybridized carbons (Fsp3) is 0.552. The van der Waals surface area contributed by atoms with E-state index in [1.54, 1.807) is 12.1 Å². The molecule has 1 aliphatic heterocycles. The topological polar surface area (TPSA) is 65.0 Å². The molecular weight excluding hydrogens is 428 g/mol. The number of ether oxygens (including phenoxy) is 3. The maximum Gasteiger partial charge on any atom is 0.335 e. The number of rotatable bonds is 17. The van der Waals surface area contributed by atoms with Crippen LogP contribution in [0, 0.1) is 5.41 Å². The monoisotopic (exact) mass is 468 g/mol. The summed E-state index contributed by atoms with van der Waals surface area (Å²) in [5.74, 6) is -0.0258. The molecule has 5 nitrogen and oxygen atoms in total. The van der Waals surface area contributed by atoms with Crippen molar-refractivity contribution in [3.05, 3.63) is 54.1 Å². The average Bonchev–Trinajstić information content (AvgIpc) is 2.83. The summed E-state index contributed by atoms with van der Waals surface area (Å²) in [5.41, 5.74) is 2.62. The second-order valence-corrected chi connectivity index (χ2v) is 9.79. The first-order valence-electron chi connectivity index (χ1n) is 12.8. The fourth-order valence-corrected chi connectivity index (χ4v) is 4.13. The minimum atomic E-state index is -0.905. The lowest BCUT2D eigenvalue weighted by atomic mass is 9.90. The molecule has 0 bridgehead atoms. The van der Waals surface area contributed by atoms with Gasteiger partial charge in [0.15, 0.2) is 0 Å². The second kappa shape index (κ2) is 14.1. The summed E-state index contributed by atoms with van der Waals surface area (Å²) in [6.07, 6.45) is 11.3. The van der Waals surface area contributed by atoms with E-state index >= 15 is 0 Å². The van der Waals surface area contributed by atoms with Crippen molar-refractivity contribution < 1.29 is 24.1 Å². The van der Waals surface area contributed by atoms with Gasteiger partial charge >= 0.3 is 5.97 Å². The first-order valence-corrected chi connectivity index (χ1v) is 12.8. The molecule has 1 heterocycles. The number of carboxylic acid groups (broad SMARTS) is 1. The molecule has 1 N–H and O–H groups in total. The van der Waals surface area contributed by atoms with Gasteiger partial charge in [-0.1, -0.05) is 76.1 Å². The Kier molecular flexibility index (Phi) is 10.9. The standard InChI is InChI=1S/C29H40O5/c1-29(22-33-23-29)21-32-19-9-7-5-3-2-4-6-8-10-20-34-27-17-15-25(16-18-27)24-11-13-26(14-12-24)28(30)31/h11-18H,2-10,19-23H2,1H3,(H,30,31). The minimum absolute atomic E-state index is 0.273. The Labute approximate surface area is 204 Å². The third kappa shape index (κ3) is 9.11. The van der Waals surface area contributed by atoms with Crippen LogP contribution in [0.1, 0.15) is 75.1 Å². The summed E-state index contributed by atoms with van der Waals surface area (Å²) < 4.78 is 16.9. The maximum atomic E-state index is 11.0. The van der Waals surface area contributed by atoms with Gasteiger partial charge in [0.25, 0.3) is 0 Å². The van der Waals surface area contributed by atoms with Gasteiger partial charge in [-0.2, -0.15) is 0 Å². The van der Waals surface area contributed by atoms with Crippen LogP contribution >= 0.6 is 0 Å². The molecule has 0 atom stereocenters. The van der Waals surface area contributed by atoms with Crippen LogP contribution in [0.25, 0.3) is 11.1 Å². The molecule has 5 heteroatoms. The van der Waals surface area contributed by atoms with E-state index in [-0.39, 0.29) is 5.41 Å². The van der Waals surface area contributed by atoms with Gasteiger partial charge in [-0.3, -0.25) is 0 Å². The normalized spacial score (nSPS) is 14.5. The lowest BCUT2D eigenvalue weighted by Gasteiger charge is -2.37. The number of carbonyl (C=O) groups is 1. The molecule has 0 amide bonds. The summed E-state index contributed by atoms with van der Waals surface area (Å²) in [6.45, 7) is 6.40. The van der Waals surface area contributed by atoms with E-state index in [0.717, 1.165) is 56.3 Å². The quantitative estimate of drug-likeness (QED) is 0.253. The SMILES string of the molecule is CC1(COCCCCCCCCCCCOc2ccc(-c3ccc(C(=O)O)cc3)cc2)COC1.